The fourth-order valence-corrected chi connectivity index (χ4v) is 6.84. The van der Waals surface area contributed by atoms with Crippen molar-refractivity contribution in [3.63, 3.8) is 0 Å². The molecule has 0 unspecified atom stereocenters. The smallest absolute Gasteiger partial charge is 0.305 e. The summed E-state index contributed by atoms with van der Waals surface area (Å²) in [6.07, 6.45) is 0. The molecule has 9 nitrogen and oxygen atoms in total. The third kappa shape index (κ3) is 3.53. The molecular weight excluding hydrogens is 466 g/mol. The number of carbonyl (C=O) groups is 2. The Morgan fingerprint density at radius 3 is 2.58 bits per heavy atom. The van der Waals surface area contributed by atoms with Gasteiger partial charge in [-0.05, 0) is 36.8 Å². The number of H-pyrrole nitrogens is 1. The number of thioether (sulfide) groups is 1. The normalized spacial score (nSPS) is 21.6. The zero-order chi connectivity index (χ0) is 23.3. The van der Waals surface area contributed by atoms with Crippen molar-refractivity contribution < 1.29 is 19.2 Å². The minimum atomic E-state index is -0.796. The number of fused-ring (bicyclic) bond motifs is 2. The summed E-state index contributed by atoms with van der Waals surface area (Å²) in [5.74, 6) is -1.60. The molecule has 2 amide bonds. The van der Waals surface area contributed by atoms with E-state index in [4.69, 9.17) is 4.74 Å². The number of aromatic nitrogens is 1. The third-order valence-corrected chi connectivity index (χ3v) is 8.07. The van der Waals surface area contributed by atoms with Crippen LogP contribution in [0.25, 0.3) is 0 Å². The van der Waals surface area contributed by atoms with Crippen LogP contribution in [0.5, 0.6) is 5.75 Å². The Balaban J connectivity index is 1.60. The number of thiazole rings is 1. The average molecular weight is 484 g/mol. The lowest BCUT2D eigenvalue weighted by Crippen LogP contribution is -2.32. The Morgan fingerprint density at radius 1 is 1.12 bits per heavy atom. The van der Waals surface area contributed by atoms with Gasteiger partial charge in [-0.1, -0.05) is 35.2 Å². The SMILES string of the molecule is CCOc1ccc(N2C(=O)[C@H]3[C@@H](c4cccc([N+](=O)[O-])c4)c4sc(=O)[nH]c4S[C@@H]3C2=O)cc1. The summed E-state index contributed by atoms with van der Waals surface area (Å²) in [7, 11) is 0. The highest BCUT2D eigenvalue weighted by Crippen LogP contribution is 2.53. The van der Waals surface area contributed by atoms with Crippen molar-refractivity contribution in [2.75, 3.05) is 11.5 Å². The summed E-state index contributed by atoms with van der Waals surface area (Å²) < 4.78 is 5.44. The van der Waals surface area contributed by atoms with Gasteiger partial charge < -0.3 is 9.72 Å². The molecule has 5 rings (SSSR count). The molecule has 168 valence electrons. The predicted octanol–water partition coefficient (Wildman–Crippen LogP) is 3.54. The number of rotatable bonds is 5. The van der Waals surface area contributed by atoms with E-state index < -0.39 is 27.9 Å². The molecule has 1 aromatic heterocycles. The van der Waals surface area contributed by atoms with Crippen LogP contribution in [-0.4, -0.2) is 33.6 Å². The van der Waals surface area contributed by atoms with Crippen LogP contribution in [0.15, 0.2) is 58.4 Å². The highest BCUT2D eigenvalue weighted by molar-refractivity contribution is 8.00. The van der Waals surface area contributed by atoms with E-state index in [9.17, 15) is 24.5 Å². The number of nitro benzene ring substituents is 1. The first-order valence-electron chi connectivity index (χ1n) is 10.1. The van der Waals surface area contributed by atoms with Crippen LogP contribution in [0, 0.1) is 16.0 Å². The van der Waals surface area contributed by atoms with Gasteiger partial charge >= 0.3 is 4.87 Å². The number of anilines is 1. The molecule has 3 heterocycles. The van der Waals surface area contributed by atoms with Gasteiger partial charge in [0.25, 0.3) is 5.69 Å². The van der Waals surface area contributed by atoms with Crippen LogP contribution in [0.4, 0.5) is 11.4 Å². The zero-order valence-electron chi connectivity index (χ0n) is 17.2. The van der Waals surface area contributed by atoms with Gasteiger partial charge in [-0.2, -0.15) is 0 Å². The van der Waals surface area contributed by atoms with Gasteiger partial charge in [0.2, 0.25) is 11.8 Å². The number of hydrogen-bond acceptors (Lipinski definition) is 8. The molecule has 1 fully saturated rings. The van der Waals surface area contributed by atoms with E-state index in [2.05, 4.69) is 4.98 Å². The molecular formula is C22H17N3O6S2. The van der Waals surface area contributed by atoms with Crippen LogP contribution < -0.4 is 14.5 Å². The molecule has 0 radical (unpaired) electrons. The lowest BCUT2D eigenvalue weighted by molar-refractivity contribution is -0.384. The number of non-ortho nitro benzene ring substituents is 1. The summed E-state index contributed by atoms with van der Waals surface area (Å²) in [6.45, 7) is 2.35. The molecule has 3 atom stereocenters. The summed E-state index contributed by atoms with van der Waals surface area (Å²) in [5, 5.41) is 11.1. The lowest BCUT2D eigenvalue weighted by Gasteiger charge is -2.29. The molecule has 33 heavy (non-hydrogen) atoms. The molecule has 0 spiro atoms. The number of nitrogens with one attached hydrogen (secondary N) is 1. The van der Waals surface area contributed by atoms with E-state index in [0.29, 0.717) is 33.5 Å². The number of aromatic amines is 1. The highest BCUT2D eigenvalue weighted by Gasteiger charge is 2.56. The lowest BCUT2D eigenvalue weighted by atomic mass is 9.83. The maximum atomic E-state index is 13.6. The van der Waals surface area contributed by atoms with Gasteiger partial charge in [-0.25, -0.2) is 4.90 Å². The Morgan fingerprint density at radius 2 is 1.88 bits per heavy atom. The number of nitro groups is 1. The van der Waals surface area contributed by atoms with Crippen LogP contribution >= 0.6 is 23.1 Å². The number of imide groups is 1. The Hall–Kier alpha value is -3.44. The van der Waals surface area contributed by atoms with Crippen LogP contribution in [0.3, 0.4) is 0 Å². The standard InChI is InChI=1S/C22H17N3O6S2/c1-2-31-14-8-6-12(7-9-14)24-20(26)16-15(11-4-3-5-13(10-11)25(29)30)17-19(23-22(28)33-17)32-18(16)21(24)27/h3-10,15-16,18H,2H2,1H3,(H,23,28)/t15-,16+,18+/m1/s1. The Kier molecular flexibility index (Phi) is 5.29. The fourth-order valence-electron chi connectivity index (χ4n) is 4.32. The quantitative estimate of drug-likeness (QED) is 0.334. The van der Waals surface area contributed by atoms with E-state index in [0.717, 1.165) is 28.0 Å². The first-order chi connectivity index (χ1) is 15.9. The van der Waals surface area contributed by atoms with Crippen molar-refractivity contribution in [2.24, 2.45) is 5.92 Å². The maximum absolute atomic E-state index is 13.6. The van der Waals surface area contributed by atoms with Gasteiger partial charge in [0.15, 0.2) is 0 Å². The number of benzene rings is 2. The second-order valence-electron chi connectivity index (χ2n) is 7.54. The van der Waals surface area contributed by atoms with Crippen LogP contribution in [0.1, 0.15) is 23.3 Å². The molecule has 11 heteroatoms. The van der Waals surface area contributed by atoms with Crippen molar-refractivity contribution in [2.45, 2.75) is 23.1 Å². The van der Waals surface area contributed by atoms with E-state index in [-0.39, 0.29) is 16.5 Å². The summed E-state index contributed by atoms with van der Waals surface area (Å²) in [6, 6.07) is 12.7. The van der Waals surface area contributed by atoms with E-state index in [1.807, 2.05) is 6.92 Å². The molecule has 2 aromatic carbocycles. The first-order valence-corrected chi connectivity index (χ1v) is 11.8. The van der Waals surface area contributed by atoms with Crippen LogP contribution in [0.2, 0.25) is 0 Å². The van der Waals surface area contributed by atoms with Crippen molar-refractivity contribution in [1.29, 1.82) is 0 Å². The summed E-state index contributed by atoms with van der Waals surface area (Å²) >= 11 is 2.13. The number of nitrogens with zero attached hydrogens (tertiary/aromatic N) is 2. The monoisotopic (exact) mass is 483 g/mol. The Bertz CT molecular complexity index is 1330. The van der Waals surface area contributed by atoms with Crippen LogP contribution in [-0.2, 0) is 9.59 Å². The van der Waals surface area contributed by atoms with Crippen molar-refractivity contribution in [3.8, 4) is 5.75 Å². The van der Waals surface area contributed by atoms with E-state index in [1.54, 1.807) is 36.4 Å². The number of hydrogen-bond donors (Lipinski definition) is 1. The zero-order valence-corrected chi connectivity index (χ0v) is 18.9. The summed E-state index contributed by atoms with van der Waals surface area (Å²) in [5.41, 5.74) is 0.829. The third-order valence-electron chi connectivity index (χ3n) is 5.67. The maximum Gasteiger partial charge on any atom is 0.305 e. The molecule has 2 aliphatic heterocycles. The van der Waals surface area contributed by atoms with E-state index in [1.165, 1.54) is 12.1 Å². The molecule has 1 N–H and O–H groups in total. The molecule has 0 saturated carbocycles. The van der Waals surface area contributed by atoms with Gasteiger partial charge in [0, 0.05) is 22.9 Å². The molecule has 1 saturated heterocycles. The second kappa shape index (κ2) is 8.16. The Labute approximate surface area is 195 Å². The van der Waals surface area contributed by atoms with Crippen molar-refractivity contribution >= 4 is 46.3 Å². The largest absolute Gasteiger partial charge is 0.494 e. The van der Waals surface area contributed by atoms with Crippen molar-refractivity contribution in [3.05, 3.63) is 78.8 Å². The molecule has 0 bridgehead atoms. The topological polar surface area (TPSA) is 123 Å². The second-order valence-corrected chi connectivity index (χ2v) is 9.71. The minimum Gasteiger partial charge on any atom is -0.494 e. The summed E-state index contributed by atoms with van der Waals surface area (Å²) in [4.78, 5) is 54.2. The van der Waals surface area contributed by atoms with Gasteiger partial charge in [0.05, 0.1) is 28.2 Å². The van der Waals surface area contributed by atoms with Gasteiger partial charge in [-0.3, -0.25) is 24.5 Å². The fraction of sp³-hybridized carbons (Fsp3) is 0.227. The average Bonchev–Trinajstić information content (AvgIpc) is 3.29. The highest BCUT2D eigenvalue weighted by atomic mass is 32.2. The number of ether oxygens (including phenoxy) is 1. The van der Waals surface area contributed by atoms with E-state index >= 15 is 0 Å². The molecule has 0 aliphatic carbocycles. The minimum absolute atomic E-state index is 0.119. The van der Waals surface area contributed by atoms with Crippen molar-refractivity contribution in [1.82, 2.24) is 4.98 Å². The van der Waals surface area contributed by atoms with Gasteiger partial charge in [0.1, 0.15) is 11.0 Å². The molecule has 2 aliphatic rings. The van der Waals surface area contributed by atoms with Gasteiger partial charge in [-0.15, -0.1) is 0 Å². The predicted molar refractivity (Wildman–Crippen MR) is 123 cm³/mol. The number of amides is 2. The first kappa shape index (κ1) is 21.4. The molecule has 3 aromatic rings. The number of carbonyl (C=O) groups excluding carboxylic acids is 2.